The number of hydrogen-bond acceptors (Lipinski definition) is 1. The lowest BCUT2D eigenvalue weighted by Gasteiger charge is -2.34. The number of fused-ring (bicyclic) bond motifs is 5. The summed E-state index contributed by atoms with van der Waals surface area (Å²) in [7, 11) is 0. The Bertz CT molecular complexity index is 2560. The van der Waals surface area contributed by atoms with Gasteiger partial charge in [-0.25, -0.2) is 0 Å². The van der Waals surface area contributed by atoms with Crippen LogP contribution in [-0.2, 0) is 0 Å². The summed E-state index contributed by atoms with van der Waals surface area (Å²) in [6.45, 7) is 4.49. The van der Waals surface area contributed by atoms with Gasteiger partial charge in [-0.15, -0.1) is 0 Å². The molecule has 0 fully saturated rings. The molecule has 7 aromatic carbocycles. The van der Waals surface area contributed by atoms with Crippen molar-refractivity contribution in [2.75, 3.05) is 0 Å². The molecule has 3 heterocycles. The molecule has 0 unspecified atom stereocenters. The molecular formula is C44H30BNS. The standard InChI is InChI=1S/C44H30BNS/c1-27-16-20-30(21-17-27)40-35-11-6-12-36-43(35)46(42(40)31-22-18-28(2)19-23-31)38-14-7-15-39-41(38)45(36)37-13-5-10-34(44(37)47-39)33-25-24-29-8-3-4-9-32(29)26-33/h3-26H,1-2H3. The van der Waals surface area contributed by atoms with E-state index in [4.69, 9.17) is 0 Å². The molecule has 0 saturated heterocycles. The molecule has 3 heteroatoms. The van der Waals surface area contributed by atoms with Crippen LogP contribution >= 0.6 is 11.8 Å². The van der Waals surface area contributed by atoms with Gasteiger partial charge < -0.3 is 4.57 Å². The van der Waals surface area contributed by atoms with Crippen molar-refractivity contribution in [2.24, 2.45) is 0 Å². The van der Waals surface area contributed by atoms with E-state index in [1.807, 2.05) is 11.8 Å². The van der Waals surface area contributed by atoms with Crippen LogP contribution in [0.5, 0.6) is 0 Å². The summed E-state index contributed by atoms with van der Waals surface area (Å²) >= 11 is 1.94. The first-order chi connectivity index (χ1) is 23.1. The predicted molar refractivity (Wildman–Crippen MR) is 202 cm³/mol. The summed E-state index contributed by atoms with van der Waals surface area (Å²) in [6.07, 6.45) is 0. The largest absolute Gasteiger partial charge is 0.310 e. The van der Waals surface area contributed by atoms with Crippen molar-refractivity contribution in [2.45, 2.75) is 23.6 Å². The number of rotatable bonds is 3. The number of hydrogen-bond donors (Lipinski definition) is 0. The van der Waals surface area contributed by atoms with E-state index in [2.05, 4.69) is 164 Å². The van der Waals surface area contributed by atoms with Crippen LogP contribution in [0.2, 0.25) is 0 Å². The smallest absolute Gasteiger partial charge is 0.249 e. The Kier molecular flexibility index (Phi) is 5.80. The van der Waals surface area contributed by atoms with Gasteiger partial charge in [-0.3, -0.25) is 0 Å². The molecule has 2 aliphatic rings. The lowest BCUT2D eigenvalue weighted by molar-refractivity contribution is 1.13. The zero-order valence-corrected chi connectivity index (χ0v) is 27.1. The van der Waals surface area contributed by atoms with Gasteiger partial charge in [0.05, 0.1) is 5.69 Å². The highest BCUT2D eigenvalue weighted by Gasteiger charge is 2.41. The third-order valence-electron chi connectivity index (χ3n) is 10.2. The van der Waals surface area contributed by atoms with E-state index in [-0.39, 0.29) is 6.71 Å². The second kappa shape index (κ2) is 10.1. The van der Waals surface area contributed by atoms with Gasteiger partial charge >= 0.3 is 0 Å². The quantitative estimate of drug-likeness (QED) is 0.179. The highest BCUT2D eigenvalue weighted by Crippen LogP contribution is 2.46. The van der Waals surface area contributed by atoms with Crippen LogP contribution in [0.4, 0.5) is 0 Å². The van der Waals surface area contributed by atoms with Gasteiger partial charge in [0, 0.05) is 31.9 Å². The van der Waals surface area contributed by atoms with Crippen molar-refractivity contribution in [1.29, 1.82) is 0 Å². The first kappa shape index (κ1) is 26.9. The lowest BCUT2D eigenvalue weighted by atomic mass is 9.35. The molecule has 0 bridgehead atoms. The molecule has 1 nitrogen and oxygen atoms in total. The molecule has 0 saturated carbocycles. The topological polar surface area (TPSA) is 4.93 Å². The van der Waals surface area contributed by atoms with Crippen molar-refractivity contribution in [3.05, 3.63) is 157 Å². The first-order valence-corrected chi connectivity index (χ1v) is 17.2. The van der Waals surface area contributed by atoms with E-state index in [0.29, 0.717) is 0 Å². The van der Waals surface area contributed by atoms with Crippen molar-refractivity contribution in [1.82, 2.24) is 4.57 Å². The van der Waals surface area contributed by atoms with Crippen molar-refractivity contribution >= 4 is 56.5 Å². The molecule has 0 aliphatic carbocycles. The van der Waals surface area contributed by atoms with Crippen molar-refractivity contribution in [3.63, 3.8) is 0 Å². The SMILES string of the molecule is Cc1ccc(-c2c(-c3ccc(C)cc3)n3c4c(cccc24)B2c4cccc(-c5ccc6ccccc6c5)c4Sc4cccc-3c42)cc1. The van der Waals surface area contributed by atoms with E-state index < -0.39 is 0 Å². The summed E-state index contributed by atoms with van der Waals surface area (Å²) in [4.78, 5) is 2.71. The number of aryl methyl sites for hydroxylation is 2. The van der Waals surface area contributed by atoms with Crippen LogP contribution in [0.3, 0.4) is 0 Å². The van der Waals surface area contributed by atoms with Crippen LogP contribution in [0.15, 0.2) is 155 Å². The Labute approximate surface area is 279 Å². The monoisotopic (exact) mass is 615 g/mol. The maximum absolute atomic E-state index is 2.58. The predicted octanol–water partition coefficient (Wildman–Crippen LogP) is 9.70. The highest BCUT2D eigenvalue weighted by atomic mass is 32.2. The average molecular weight is 616 g/mol. The van der Waals surface area contributed by atoms with E-state index in [0.717, 1.165) is 0 Å². The third-order valence-corrected chi connectivity index (χ3v) is 11.4. The van der Waals surface area contributed by atoms with Gasteiger partial charge in [0.1, 0.15) is 0 Å². The summed E-state index contributed by atoms with van der Waals surface area (Å²) in [5, 5.41) is 3.86. The van der Waals surface area contributed by atoms with Crippen LogP contribution in [0.25, 0.3) is 60.9 Å². The second-order valence-electron chi connectivity index (χ2n) is 13.0. The molecule has 0 spiro atoms. The van der Waals surface area contributed by atoms with Crippen LogP contribution in [-0.4, -0.2) is 11.3 Å². The van der Waals surface area contributed by atoms with Gasteiger partial charge in [0.25, 0.3) is 0 Å². The Morgan fingerprint density at radius 2 is 1.23 bits per heavy atom. The Morgan fingerprint density at radius 1 is 0.553 bits per heavy atom. The molecule has 0 radical (unpaired) electrons. The van der Waals surface area contributed by atoms with Crippen LogP contribution in [0.1, 0.15) is 11.1 Å². The number of para-hydroxylation sites is 1. The molecule has 2 aliphatic heterocycles. The summed E-state index contributed by atoms with van der Waals surface area (Å²) in [5.74, 6) is 0. The van der Waals surface area contributed by atoms with Gasteiger partial charge in [-0.05, 0) is 76.0 Å². The molecule has 0 amide bonds. The first-order valence-electron chi connectivity index (χ1n) is 16.4. The Hall–Kier alpha value is -5.25. The van der Waals surface area contributed by atoms with E-state index >= 15 is 0 Å². The Balaban J connectivity index is 1.29. The molecule has 8 aromatic rings. The zero-order chi connectivity index (χ0) is 31.2. The van der Waals surface area contributed by atoms with Gasteiger partial charge in [-0.2, -0.15) is 0 Å². The van der Waals surface area contributed by atoms with Gasteiger partial charge in [0.15, 0.2) is 0 Å². The minimum atomic E-state index is 0.153. The summed E-state index contributed by atoms with van der Waals surface area (Å²) < 4.78 is 2.58. The summed E-state index contributed by atoms with van der Waals surface area (Å²) in [5.41, 5.74) is 17.0. The minimum Gasteiger partial charge on any atom is -0.310 e. The average Bonchev–Trinajstić information content (AvgIpc) is 3.46. The molecule has 220 valence electrons. The molecular weight excluding hydrogens is 585 g/mol. The van der Waals surface area contributed by atoms with E-state index in [9.17, 15) is 0 Å². The second-order valence-corrected chi connectivity index (χ2v) is 14.1. The maximum Gasteiger partial charge on any atom is 0.249 e. The number of nitrogens with zero attached hydrogens (tertiary/aromatic N) is 1. The van der Waals surface area contributed by atoms with Gasteiger partial charge in [-0.1, -0.05) is 156 Å². The number of benzene rings is 7. The lowest BCUT2D eigenvalue weighted by Crippen LogP contribution is -2.58. The van der Waals surface area contributed by atoms with Crippen LogP contribution < -0.4 is 16.4 Å². The zero-order valence-electron chi connectivity index (χ0n) is 26.3. The minimum absolute atomic E-state index is 0.153. The molecule has 1 aromatic heterocycles. The van der Waals surface area contributed by atoms with Gasteiger partial charge in [0.2, 0.25) is 6.71 Å². The molecule has 10 rings (SSSR count). The fourth-order valence-electron chi connectivity index (χ4n) is 8.01. The van der Waals surface area contributed by atoms with E-state index in [1.165, 1.54) is 98.2 Å². The fourth-order valence-corrected chi connectivity index (χ4v) is 9.31. The fraction of sp³-hybridized carbons (Fsp3) is 0.0455. The number of aromatic nitrogens is 1. The highest BCUT2D eigenvalue weighted by molar-refractivity contribution is 8.00. The normalized spacial score (nSPS) is 12.8. The van der Waals surface area contributed by atoms with Crippen molar-refractivity contribution in [3.8, 4) is 39.2 Å². The molecule has 0 atom stereocenters. The van der Waals surface area contributed by atoms with Crippen LogP contribution in [0, 0.1) is 13.8 Å². The maximum atomic E-state index is 2.58. The summed E-state index contributed by atoms with van der Waals surface area (Å²) in [6, 6.07) is 54.6. The van der Waals surface area contributed by atoms with E-state index in [1.54, 1.807) is 0 Å². The molecule has 47 heavy (non-hydrogen) atoms. The Morgan fingerprint density at radius 3 is 2.04 bits per heavy atom. The third kappa shape index (κ3) is 3.93. The molecule has 0 N–H and O–H groups in total. The van der Waals surface area contributed by atoms with Crippen molar-refractivity contribution < 1.29 is 0 Å².